The lowest BCUT2D eigenvalue weighted by Gasteiger charge is -2.21. The van der Waals surface area contributed by atoms with Gasteiger partial charge >= 0.3 is 0 Å². The third-order valence-corrected chi connectivity index (χ3v) is 4.67. The van der Waals surface area contributed by atoms with Crippen molar-refractivity contribution in [2.24, 2.45) is 5.73 Å². The maximum atomic E-state index is 13.4. The summed E-state index contributed by atoms with van der Waals surface area (Å²) < 4.78 is 26.5. The summed E-state index contributed by atoms with van der Waals surface area (Å²) in [5.41, 5.74) is 4.93. The number of nitro groups is 1. The number of halogens is 2. The molecule has 2 amide bonds. The monoisotopic (exact) mass is 395 g/mol. The van der Waals surface area contributed by atoms with E-state index >= 15 is 0 Å². The quantitative estimate of drug-likeness (QED) is 0.440. The van der Waals surface area contributed by atoms with Crippen LogP contribution < -0.4 is 10.6 Å². The first kappa shape index (κ1) is 20.3. The van der Waals surface area contributed by atoms with Crippen LogP contribution in [0.15, 0.2) is 41.3 Å². The Morgan fingerprint density at radius 3 is 2.44 bits per heavy atom. The fourth-order valence-corrected chi connectivity index (χ4v) is 3.19. The molecule has 2 N–H and O–H groups in total. The van der Waals surface area contributed by atoms with Crippen molar-refractivity contribution in [1.29, 1.82) is 0 Å². The van der Waals surface area contributed by atoms with Gasteiger partial charge in [0, 0.05) is 29.9 Å². The average Bonchev–Trinajstić information content (AvgIpc) is 2.63. The van der Waals surface area contributed by atoms with Crippen LogP contribution in [0.3, 0.4) is 0 Å². The molecule has 2 aromatic rings. The van der Waals surface area contributed by atoms with Crippen molar-refractivity contribution in [3.8, 4) is 0 Å². The number of carbonyl (C=O) groups excluding carboxylic acids is 2. The third-order valence-electron chi connectivity index (χ3n) is 3.62. The van der Waals surface area contributed by atoms with Crippen LogP contribution in [0.25, 0.3) is 0 Å². The van der Waals surface area contributed by atoms with Crippen LogP contribution in [0.4, 0.5) is 20.2 Å². The molecule has 0 aromatic heterocycles. The molecule has 2 rings (SSSR count). The Hall–Kier alpha value is -3.01. The lowest BCUT2D eigenvalue weighted by molar-refractivity contribution is -0.387. The Balaban J connectivity index is 2.19. The number of carbonyl (C=O) groups is 2. The first-order chi connectivity index (χ1) is 12.7. The van der Waals surface area contributed by atoms with Gasteiger partial charge < -0.3 is 10.6 Å². The molecular weight excluding hydrogens is 380 g/mol. The van der Waals surface area contributed by atoms with Crippen LogP contribution in [-0.4, -0.2) is 29.0 Å². The molecule has 0 heterocycles. The summed E-state index contributed by atoms with van der Waals surface area (Å²) in [5.74, 6) is -3.53. The maximum absolute atomic E-state index is 13.4. The van der Waals surface area contributed by atoms with Gasteiger partial charge in [-0.25, -0.2) is 8.78 Å². The van der Waals surface area contributed by atoms with E-state index in [0.29, 0.717) is 0 Å². The first-order valence-corrected chi connectivity index (χ1v) is 8.69. The van der Waals surface area contributed by atoms with Crippen molar-refractivity contribution in [3.63, 3.8) is 0 Å². The minimum absolute atomic E-state index is 0.0191. The molecule has 0 radical (unpaired) electrons. The molecule has 0 unspecified atom stereocenters. The van der Waals surface area contributed by atoms with E-state index in [1.807, 2.05) is 0 Å². The predicted octanol–water partition coefficient (Wildman–Crippen LogP) is 3.12. The molecule has 0 saturated heterocycles. The first-order valence-electron chi connectivity index (χ1n) is 7.71. The predicted molar refractivity (Wildman–Crippen MR) is 96.7 cm³/mol. The summed E-state index contributed by atoms with van der Waals surface area (Å²) in [6.45, 7) is 1.86. The van der Waals surface area contributed by atoms with Gasteiger partial charge in [0.15, 0.2) is 11.6 Å². The fourth-order valence-electron chi connectivity index (χ4n) is 2.31. The van der Waals surface area contributed by atoms with Crippen LogP contribution in [0.5, 0.6) is 0 Å². The number of nitro benzene ring substituents is 1. The van der Waals surface area contributed by atoms with E-state index in [1.54, 1.807) is 6.92 Å². The van der Waals surface area contributed by atoms with Crippen molar-refractivity contribution in [2.75, 3.05) is 17.2 Å². The lowest BCUT2D eigenvalue weighted by atomic mass is 10.2. The molecule has 0 atom stereocenters. The summed E-state index contributed by atoms with van der Waals surface area (Å²) in [5, 5.41) is 11.2. The average molecular weight is 395 g/mol. The highest BCUT2D eigenvalue weighted by molar-refractivity contribution is 8.00. The van der Waals surface area contributed by atoms with E-state index in [-0.39, 0.29) is 34.1 Å². The largest absolute Gasteiger partial charge is 0.366 e. The minimum atomic E-state index is -1.08. The molecule has 27 heavy (non-hydrogen) atoms. The van der Waals surface area contributed by atoms with Crippen LogP contribution >= 0.6 is 11.8 Å². The van der Waals surface area contributed by atoms with E-state index < -0.39 is 28.4 Å². The highest BCUT2D eigenvalue weighted by atomic mass is 32.2. The van der Waals surface area contributed by atoms with Crippen LogP contribution in [0.1, 0.15) is 17.3 Å². The summed E-state index contributed by atoms with van der Waals surface area (Å²) in [4.78, 5) is 35.5. The fraction of sp³-hybridized carbons (Fsp3) is 0.176. The number of hydrogen-bond acceptors (Lipinski definition) is 5. The number of primary amides is 1. The van der Waals surface area contributed by atoms with E-state index in [9.17, 15) is 28.5 Å². The number of benzene rings is 2. The van der Waals surface area contributed by atoms with Crippen molar-refractivity contribution in [2.45, 2.75) is 11.8 Å². The molecule has 0 aliphatic carbocycles. The minimum Gasteiger partial charge on any atom is -0.366 e. The van der Waals surface area contributed by atoms with Gasteiger partial charge in [0.25, 0.3) is 5.69 Å². The van der Waals surface area contributed by atoms with E-state index in [2.05, 4.69) is 0 Å². The maximum Gasteiger partial charge on any atom is 0.283 e. The van der Waals surface area contributed by atoms with Gasteiger partial charge in [-0.2, -0.15) is 0 Å². The van der Waals surface area contributed by atoms with Gasteiger partial charge in [-0.05, 0) is 31.2 Å². The second-order valence-corrected chi connectivity index (χ2v) is 6.35. The van der Waals surface area contributed by atoms with Gasteiger partial charge in [0.05, 0.1) is 15.6 Å². The summed E-state index contributed by atoms with van der Waals surface area (Å²) in [6, 6.07) is 6.81. The Morgan fingerprint density at radius 2 is 1.89 bits per heavy atom. The zero-order valence-corrected chi connectivity index (χ0v) is 15.0. The topological polar surface area (TPSA) is 107 Å². The Labute approximate surface area is 157 Å². The van der Waals surface area contributed by atoms with Crippen molar-refractivity contribution in [3.05, 3.63) is 63.7 Å². The molecule has 10 heteroatoms. The normalized spacial score (nSPS) is 10.5. The zero-order valence-electron chi connectivity index (χ0n) is 14.1. The van der Waals surface area contributed by atoms with Crippen LogP contribution in [0, 0.1) is 21.7 Å². The van der Waals surface area contributed by atoms with Crippen LogP contribution in [-0.2, 0) is 4.79 Å². The van der Waals surface area contributed by atoms with E-state index in [0.717, 1.165) is 30.0 Å². The highest BCUT2D eigenvalue weighted by Gasteiger charge is 2.20. The number of thioether (sulfide) groups is 1. The Morgan fingerprint density at radius 1 is 1.19 bits per heavy atom. The second-order valence-electron chi connectivity index (χ2n) is 5.33. The summed E-state index contributed by atoms with van der Waals surface area (Å²) in [6.07, 6.45) is 0. The number of nitrogens with zero attached hydrogens (tertiary/aromatic N) is 2. The molecule has 0 bridgehead atoms. The Bertz CT molecular complexity index is 908. The van der Waals surface area contributed by atoms with Gasteiger partial charge in [-0.15, -0.1) is 11.8 Å². The van der Waals surface area contributed by atoms with Gasteiger partial charge in [0.1, 0.15) is 0 Å². The molecule has 2 aromatic carbocycles. The highest BCUT2D eigenvalue weighted by Crippen LogP contribution is 2.30. The van der Waals surface area contributed by atoms with Gasteiger partial charge in [-0.1, -0.05) is 0 Å². The van der Waals surface area contributed by atoms with Crippen molar-refractivity contribution < 1.29 is 23.3 Å². The SMILES string of the molecule is CCN(C(=O)CSc1ccc(C(N)=O)cc1[N+](=O)[O-])c1ccc(F)c(F)c1. The van der Waals surface area contributed by atoms with Crippen molar-refractivity contribution >= 4 is 35.0 Å². The zero-order chi connectivity index (χ0) is 20.1. The number of amides is 2. The molecule has 0 fully saturated rings. The van der Waals surface area contributed by atoms with Gasteiger partial charge in [0.2, 0.25) is 11.8 Å². The van der Waals surface area contributed by atoms with Crippen LogP contribution in [0.2, 0.25) is 0 Å². The number of nitrogens with two attached hydrogens (primary N) is 1. The lowest BCUT2D eigenvalue weighted by Crippen LogP contribution is -2.32. The number of hydrogen-bond donors (Lipinski definition) is 1. The third kappa shape index (κ3) is 4.79. The van der Waals surface area contributed by atoms with Gasteiger partial charge in [-0.3, -0.25) is 19.7 Å². The summed E-state index contributed by atoms with van der Waals surface area (Å²) in [7, 11) is 0. The molecule has 0 aliphatic heterocycles. The molecule has 142 valence electrons. The van der Waals surface area contributed by atoms with Crippen molar-refractivity contribution in [1.82, 2.24) is 0 Å². The molecule has 0 aliphatic rings. The summed E-state index contributed by atoms with van der Waals surface area (Å²) >= 11 is 0.897. The standard InChI is InChI=1S/C17H15F2N3O4S/c1-2-21(11-4-5-12(18)13(19)8-11)16(23)9-27-15-6-3-10(17(20)24)7-14(15)22(25)26/h3-8H,2,9H2,1H3,(H2,20,24). The molecular formula is C17H15F2N3O4S. The number of rotatable bonds is 7. The molecule has 0 spiro atoms. The van der Waals surface area contributed by atoms with E-state index in [1.165, 1.54) is 23.1 Å². The number of anilines is 1. The molecule has 7 nitrogen and oxygen atoms in total. The Kier molecular flexibility index (Phi) is 6.45. The van der Waals surface area contributed by atoms with E-state index in [4.69, 9.17) is 5.73 Å². The second kappa shape index (κ2) is 8.58. The smallest absolute Gasteiger partial charge is 0.283 e. The molecule has 0 saturated carbocycles.